The van der Waals surface area contributed by atoms with Crippen LogP contribution in [-0.2, 0) is 17.0 Å². The van der Waals surface area contributed by atoms with E-state index in [1.54, 1.807) is 18.0 Å². The number of hydrogen-bond acceptors (Lipinski definition) is 5. The van der Waals surface area contributed by atoms with E-state index in [4.69, 9.17) is 9.72 Å². The van der Waals surface area contributed by atoms with Gasteiger partial charge in [-0.15, -0.1) is 0 Å². The molecule has 5 rings (SSSR count). The summed E-state index contributed by atoms with van der Waals surface area (Å²) in [6, 6.07) is 18.3. The second kappa shape index (κ2) is 10.4. The Balaban J connectivity index is 1.27. The number of thioether (sulfide) groups is 1. The van der Waals surface area contributed by atoms with Crippen LogP contribution in [0.25, 0.3) is 11.0 Å². The molecule has 3 heterocycles. The summed E-state index contributed by atoms with van der Waals surface area (Å²) in [5, 5.41) is 3.94. The molecule has 0 aliphatic carbocycles. The van der Waals surface area contributed by atoms with Gasteiger partial charge in [0, 0.05) is 30.7 Å². The summed E-state index contributed by atoms with van der Waals surface area (Å²) in [5.41, 5.74) is 6.28. The molecule has 2 aromatic heterocycles. The summed E-state index contributed by atoms with van der Waals surface area (Å²) >= 11 is 1.70. The van der Waals surface area contributed by atoms with Crippen molar-refractivity contribution in [3.05, 3.63) is 89.2 Å². The molecule has 34 heavy (non-hydrogen) atoms. The molecular weight excluding hydrogens is 444 g/mol. The maximum atomic E-state index is 12.4. The van der Waals surface area contributed by atoms with E-state index >= 15 is 0 Å². The number of aryl methyl sites for hydroxylation is 1. The first kappa shape index (κ1) is 22.6. The summed E-state index contributed by atoms with van der Waals surface area (Å²) in [5.74, 6) is 0.713. The number of benzene rings is 2. The molecule has 1 aliphatic rings. The SMILES string of the molecule is Cc1cccc(Cn2c(SCc3ccc(C(=O)NCC4CCCO4)cc3)nc3ccncc32)c1. The normalized spacial score (nSPS) is 15.6. The molecule has 1 amide bonds. The number of nitrogens with one attached hydrogen (secondary N) is 1. The van der Waals surface area contributed by atoms with Crippen molar-refractivity contribution < 1.29 is 9.53 Å². The molecule has 0 bridgehead atoms. The molecule has 1 atom stereocenters. The van der Waals surface area contributed by atoms with Gasteiger partial charge in [0.1, 0.15) is 0 Å². The number of rotatable bonds is 8. The number of imidazole rings is 1. The Morgan fingerprint density at radius 3 is 2.85 bits per heavy atom. The van der Waals surface area contributed by atoms with Gasteiger partial charge in [0.2, 0.25) is 0 Å². The van der Waals surface area contributed by atoms with Crippen molar-refractivity contribution in [2.75, 3.05) is 13.2 Å². The highest BCUT2D eigenvalue weighted by Crippen LogP contribution is 2.27. The number of amides is 1. The summed E-state index contributed by atoms with van der Waals surface area (Å²) in [7, 11) is 0. The van der Waals surface area contributed by atoms with Gasteiger partial charge in [0.15, 0.2) is 5.16 Å². The zero-order chi connectivity index (χ0) is 23.3. The third kappa shape index (κ3) is 5.32. The third-order valence-corrected chi connectivity index (χ3v) is 7.08. The Kier molecular flexibility index (Phi) is 6.92. The van der Waals surface area contributed by atoms with E-state index in [2.05, 4.69) is 46.1 Å². The molecular formula is C27H28N4O2S. The molecule has 7 heteroatoms. The van der Waals surface area contributed by atoms with Gasteiger partial charge < -0.3 is 14.6 Å². The van der Waals surface area contributed by atoms with E-state index in [0.29, 0.717) is 12.1 Å². The van der Waals surface area contributed by atoms with Gasteiger partial charge in [-0.3, -0.25) is 9.78 Å². The highest BCUT2D eigenvalue weighted by molar-refractivity contribution is 7.98. The van der Waals surface area contributed by atoms with E-state index in [1.807, 2.05) is 36.5 Å². The summed E-state index contributed by atoms with van der Waals surface area (Å²) in [6.45, 7) is 4.22. The largest absolute Gasteiger partial charge is 0.376 e. The van der Waals surface area contributed by atoms with Crippen molar-refractivity contribution in [2.45, 2.75) is 43.3 Å². The maximum absolute atomic E-state index is 12.4. The molecule has 1 fully saturated rings. The van der Waals surface area contributed by atoms with Crippen LogP contribution in [0.1, 0.15) is 39.9 Å². The monoisotopic (exact) mass is 472 g/mol. The highest BCUT2D eigenvalue weighted by atomic mass is 32.2. The lowest BCUT2D eigenvalue weighted by atomic mass is 10.1. The summed E-state index contributed by atoms with van der Waals surface area (Å²) in [6.07, 6.45) is 5.90. The second-order valence-electron chi connectivity index (χ2n) is 8.66. The minimum Gasteiger partial charge on any atom is -0.376 e. The van der Waals surface area contributed by atoms with E-state index < -0.39 is 0 Å². The van der Waals surface area contributed by atoms with Crippen molar-refractivity contribution in [3.63, 3.8) is 0 Å². The number of ether oxygens (including phenoxy) is 1. The average molecular weight is 473 g/mol. The summed E-state index contributed by atoms with van der Waals surface area (Å²) < 4.78 is 7.81. The van der Waals surface area contributed by atoms with Crippen molar-refractivity contribution in [2.24, 2.45) is 0 Å². The van der Waals surface area contributed by atoms with Crippen LogP contribution in [0.2, 0.25) is 0 Å². The maximum Gasteiger partial charge on any atom is 0.251 e. The minimum absolute atomic E-state index is 0.0536. The van der Waals surface area contributed by atoms with Gasteiger partial charge >= 0.3 is 0 Å². The Bertz CT molecular complexity index is 1280. The number of pyridine rings is 1. The Labute approximate surface area is 203 Å². The molecule has 1 aliphatic heterocycles. The second-order valence-corrected chi connectivity index (χ2v) is 9.61. The first-order valence-corrected chi connectivity index (χ1v) is 12.6. The number of carbonyl (C=O) groups is 1. The van der Waals surface area contributed by atoms with Crippen LogP contribution < -0.4 is 5.32 Å². The van der Waals surface area contributed by atoms with Crippen molar-refractivity contribution in [3.8, 4) is 0 Å². The topological polar surface area (TPSA) is 69.0 Å². The number of aromatic nitrogens is 3. The Hall–Kier alpha value is -3.16. The van der Waals surface area contributed by atoms with Gasteiger partial charge in [0.25, 0.3) is 5.91 Å². The third-order valence-electron chi connectivity index (χ3n) is 6.04. The number of fused-ring (bicyclic) bond motifs is 1. The molecule has 0 saturated carbocycles. The van der Waals surface area contributed by atoms with Crippen LogP contribution in [0.5, 0.6) is 0 Å². The quantitative estimate of drug-likeness (QED) is 0.366. The summed E-state index contributed by atoms with van der Waals surface area (Å²) in [4.78, 5) is 21.6. The molecule has 1 unspecified atom stereocenters. The molecule has 4 aromatic rings. The van der Waals surface area contributed by atoms with Crippen LogP contribution in [0.3, 0.4) is 0 Å². The Morgan fingerprint density at radius 1 is 1.18 bits per heavy atom. The van der Waals surface area contributed by atoms with Crippen LogP contribution in [0.4, 0.5) is 0 Å². The first-order valence-electron chi connectivity index (χ1n) is 11.6. The molecule has 2 aromatic carbocycles. The molecule has 1 saturated heterocycles. The van der Waals surface area contributed by atoms with E-state index in [9.17, 15) is 4.79 Å². The zero-order valence-electron chi connectivity index (χ0n) is 19.2. The van der Waals surface area contributed by atoms with E-state index in [-0.39, 0.29) is 12.0 Å². The fourth-order valence-corrected chi connectivity index (χ4v) is 5.19. The van der Waals surface area contributed by atoms with Crippen molar-refractivity contribution in [1.82, 2.24) is 19.9 Å². The number of hydrogen-bond donors (Lipinski definition) is 1. The van der Waals surface area contributed by atoms with Gasteiger partial charge in [0.05, 0.1) is 29.9 Å². The van der Waals surface area contributed by atoms with Crippen LogP contribution >= 0.6 is 11.8 Å². The molecule has 0 radical (unpaired) electrons. The van der Waals surface area contributed by atoms with Crippen LogP contribution in [0.15, 0.2) is 72.1 Å². The van der Waals surface area contributed by atoms with Gasteiger partial charge in [-0.2, -0.15) is 0 Å². The molecule has 6 nitrogen and oxygen atoms in total. The Morgan fingerprint density at radius 2 is 2.06 bits per heavy atom. The lowest BCUT2D eigenvalue weighted by molar-refractivity contribution is 0.0858. The highest BCUT2D eigenvalue weighted by Gasteiger charge is 2.17. The predicted octanol–water partition coefficient (Wildman–Crippen LogP) is 4.99. The minimum atomic E-state index is -0.0536. The van der Waals surface area contributed by atoms with Crippen LogP contribution in [0, 0.1) is 6.92 Å². The zero-order valence-corrected chi connectivity index (χ0v) is 20.1. The van der Waals surface area contributed by atoms with Gasteiger partial charge in [-0.1, -0.05) is 53.7 Å². The molecule has 174 valence electrons. The number of nitrogens with zero attached hydrogens (tertiary/aromatic N) is 3. The standard InChI is InChI=1S/C27H28N4O2S/c1-19-4-2-5-21(14-19)17-31-25-16-28-12-11-24(25)30-27(31)34-18-20-7-9-22(10-8-20)26(32)29-15-23-6-3-13-33-23/h2,4-5,7-12,14,16,23H,3,6,13,15,17-18H2,1H3,(H,29,32). The smallest absolute Gasteiger partial charge is 0.251 e. The average Bonchev–Trinajstić information content (AvgIpc) is 3.50. The fourth-order valence-electron chi connectivity index (χ4n) is 4.22. The van der Waals surface area contributed by atoms with E-state index in [1.165, 1.54) is 11.1 Å². The van der Waals surface area contributed by atoms with Crippen molar-refractivity contribution in [1.29, 1.82) is 0 Å². The molecule has 0 spiro atoms. The fraction of sp³-hybridized carbons (Fsp3) is 0.296. The lowest BCUT2D eigenvalue weighted by Gasteiger charge is -2.11. The molecule has 1 N–H and O–H groups in total. The predicted molar refractivity (Wildman–Crippen MR) is 135 cm³/mol. The lowest BCUT2D eigenvalue weighted by Crippen LogP contribution is -2.31. The van der Waals surface area contributed by atoms with Gasteiger partial charge in [-0.25, -0.2) is 4.98 Å². The van der Waals surface area contributed by atoms with E-state index in [0.717, 1.165) is 53.5 Å². The van der Waals surface area contributed by atoms with Gasteiger partial charge in [-0.05, 0) is 49.1 Å². The number of carbonyl (C=O) groups excluding carboxylic acids is 1. The van der Waals surface area contributed by atoms with Crippen molar-refractivity contribution >= 4 is 28.7 Å². The van der Waals surface area contributed by atoms with Crippen LogP contribution in [-0.4, -0.2) is 39.7 Å². The first-order chi connectivity index (χ1) is 16.7.